The van der Waals surface area contributed by atoms with Gasteiger partial charge in [-0.15, -0.1) is 11.3 Å². The van der Waals surface area contributed by atoms with Gasteiger partial charge in [0.15, 0.2) is 0 Å². The average Bonchev–Trinajstić information content (AvgIpc) is 3.11. The first-order valence-corrected chi connectivity index (χ1v) is 9.83. The van der Waals surface area contributed by atoms with Gasteiger partial charge in [0.1, 0.15) is 22.7 Å². The quantitative estimate of drug-likeness (QED) is 0.457. The number of aryl methyl sites for hydroxylation is 2. The van der Waals surface area contributed by atoms with E-state index in [0.717, 1.165) is 38.6 Å². The first-order chi connectivity index (χ1) is 13.2. The Morgan fingerprint density at radius 1 is 1.04 bits per heavy atom. The van der Waals surface area contributed by atoms with Gasteiger partial charge in [0.2, 0.25) is 0 Å². The normalized spacial score (nSPS) is 10.9. The van der Waals surface area contributed by atoms with Crippen LogP contribution in [0.2, 0.25) is 0 Å². The van der Waals surface area contributed by atoms with Crippen LogP contribution in [0.5, 0.6) is 5.75 Å². The zero-order chi connectivity index (χ0) is 18.8. The zero-order valence-electron chi connectivity index (χ0n) is 15.6. The average molecular weight is 375 g/mol. The highest BCUT2D eigenvalue weighted by Crippen LogP contribution is 2.38. The molecule has 2 aromatic carbocycles. The fraction of sp³-hybridized carbons (Fsp3) is 0.182. The third kappa shape index (κ3) is 3.51. The third-order valence-corrected chi connectivity index (χ3v) is 5.38. The molecule has 0 unspecified atom stereocenters. The highest BCUT2D eigenvalue weighted by atomic mass is 32.1. The van der Waals surface area contributed by atoms with Crippen LogP contribution < -0.4 is 10.1 Å². The van der Waals surface area contributed by atoms with Gasteiger partial charge >= 0.3 is 0 Å². The van der Waals surface area contributed by atoms with Crippen molar-refractivity contribution in [3.63, 3.8) is 0 Å². The van der Waals surface area contributed by atoms with E-state index in [1.807, 2.05) is 19.1 Å². The van der Waals surface area contributed by atoms with Gasteiger partial charge in [-0.25, -0.2) is 9.97 Å². The lowest BCUT2D eigenvalue weighted by Crippen LogP contribution is -1.98. The lowest BCUT2D eigenvalue weighted by atomic mass is 10.1. The largest absolute Gasteiger partial charge is 0.494 e. The molecule has 0 saturated carbocycles. The molecule has 5 heteroatoms. The van der Waals surface area contributed by atoms with Gasteiger partial charge in [-0.1, -0.05) is 24.3 Å². The van der Waals surface area contributed by atoms with Gasteiger partial charge in [-0.2, -0.15) is 0 Å². The second-order valence-corrected chi connectivity index (χ2v) is 7.31. The Hall–Kier alpha value is -2.92. The van der Waals surface area contributed by atoms with Crippen LogP contribution in [0.1, 0.15) is 18.1 Å². The number of hydrogen-bond acceptors (Lipinski definition) is 5. The summed E-state index contributed by atoms with van der Waals surface area (Å²) in [6.07, 6.45) is 1.62. The topological polar surface area (TPSA) is 47.0 Å². The molecular weight excluding hydrogens is 354 g/mol. The molecule has 0 atom stereocenters. The molecule has 0 aliphatic rings. The van der Waals surface area contributed by atoms with Gasteiger partial charge in [0.25, 0.3) is 0 Å². The molecular formula is C22H21N3OS. The molecule has 0 aliphatic heterocycles. The third-order valence-electron chi connectivity index (χ3n) is 4.49. The lowest BCUT2D eigenvalue weighted by Gasteiger charge is -2.12. The Morgan fingerprint density at radius 3 is 2.63 bits per heavy atom. The molecule has 0 bridgehead atoms. The van der Waals surface area contributed by atoms with Gasteiger partial charge < -0.3 is 10.1 Å². The van der Waals surface area contributed by atoms with E-state index in [4.69, 9.17) is 4.74 Å². The minimum Gasteiger partial charge on any atom is -0.494 e. The van der Waals surface area contributed by atoms with Crippen LogP contribution in [-0.2, 0) is 0 Å². The number of hydrogen-bond donors (Lipinski definition) is 1. The fourth-order valence-corrected chi connectivity index (χ4v) is 3.99. The minimum atomic E-state index is 0.665. The maximum Gasteiger partial charge on any atom is 0.143 e. The first kappa shape index (κ1) is 17.5. The summed E-state index contributed by atoms with van der Waals surface area (Å²) in [5, 5.41) is 6.71. The summed E-state index contributed by atoms with van der Waals surface area (Å²) in [4.78, 5) is 9.97. The minimum absolute atomic E-state index is 0.665. The van der Waals surface area contributed by atoms with E-state index < -0.39 is 0 Å². The molecule has 0 radical (unpaired) electrons. The predicted molar refractivity (Wildman–Crippen MR) is 113 cm³/mol. The molecule has 4 aromatic rings. The number of aromatic nitrogens is 2. The molecule has 2 heterocycles. The SMILES string of the molecule is CCOc1ccc(-c2csc3ncnc(Nc4cc(C)ccc4C)c23)cc1. The van der Waals surface area contributed by atoms with Crippen molar-refractivity contribution in [1.82, 2.24) is 9.97 Å². The number of rotatable bonds is 5. The summed E-state index contributed by atoms with van der Waals surface area (Å²) >= 11 is 1.63. The van der Waals surface area contributed by atoms with Crippen molar-refractivity contribution >= 4 is 33.1 Å². The van der Waals surface area contributed by atoms with E-state index >= 15 is 0 Å². The molecule has 0 fully saturated rings. The second-order valence-electron chi connectivity index (χ2n) is 6.45. The maximum atomic E-state index is 5.56. The number of thiophene rings is 1. The van der Waals surface area contributed by atoms with Crippen molar-refractivity contribution < 1.29 is 4.74 Å². The standard InChI is InChI=1S/C22H21N3OS/c1-4-26-17-9-7-16(8-10-17)18-12-27-22-20(18)21(23-13-24-22)25-19-11-14(2)5-6-15(19)3/h5-13H,4H2,1-3H3,(H,23,24,25). The smallest absolute Gasteiger partial charge is 0.143 e. The molecule has 4 rings (SSSR count). The van der Waals surface area contributed by atoms with Crippen LogP contribution in [0.25, 0.3) is 21.3 Å². The summed E-state index contributed by atoms with van der Waals surface area (Å²) in [5.74, 6) is 1.71. The van der Waals surface area contributed by atoms with E-state index in [1.54, 1.807) is 17.7 Å². The maximum absolute atomic E-state index is 5.56. The summed E-state index contributed by atoms with van der Waals surface area (Å²) in [7, 11) is 0. The van der Waals surface area contributed by atoms with Crippen molar-refractivity contribution in [2.75, 3.05) is 11.9 Å². The van der Waals surface area contributed by atoms with E-state index in [1.165, 1.54) is 11.1 Å². The predicted octanol–water partition coefficient (Wildman–Crippen LogP) is 6.12. The number of nitrogens with one attached hydrogen (secondary N) is 1. The molecule has 0 amide bonds. The Balaban J connectivity index is 1.78. The summed E-state index contributed by atoms with van der Waals surface area (Å²) in [5.41, 5.74) is 5.73. The number of benzene rings is 2. The molecule has 0 spiro atoms. The van der Waals surface area contributed by atoms with Crippen molar-refractivity contribution in [2.45, 2.75) is 20.8 Å². The molecule has 136 valence electrons. The molecule has 4 nitrogen and oxygen atoms in total. The molecule has 1 N–H and O–H groups in total. The van der Waals surface area contributed by atoms with Gasteiger partial charge in [-0.05, 0) is 55.7 Å². The first-order valence-electron chi connectivity index (χ1n) is 8.95. The fourth-order valence-electron chi connectivity index (χ4n) is 3.08. The van der Waals surface area contributed by atoms with Crippen molar-refractivity contribution in [3.05, 3.63) is 65.3 Å². The van der Waals surface area contributed by atoms with Gasteiger partial charge in [-0.3, -0.25) is 0 Å². The zero-order valence-corrected chi connectivity index (χ0v) is 16.4. The van der Waals surface area contributed by atoms with Crippen LogP contribution in [0.4, 0.5) is 11.5 Å². The highest BCUT2D eigenvalue weighted by Gasteiger charge is 2.14. The van der Waals surface area contributed by atoms with Crippen LogP contribution in [-0.4, -0.2) is 16.6 Å². The van der Waals surface area contributed by atoms with Gasteiger partial charge in [0.05, 0.1) is 12.0 Å². The van der Waals surface area contributed by atoms with E-state index in [9.17, 15) is 0 Å². The molecule has 27 heavy (non-hydrogen) atoms. The summed E-state index contributed by atoms with van der Waals surface area (Å²) in [6.45, 7) is 6.85. The second kappa shape index (κ2) is 7.37. The van der Waals surface area contributed by atoms with Crippen molar-refractivity contribution in [3.8, 4) is 16.9 Å². The Bertz CT molecular complexity index is 1090. The van der Waals surface area contributed by atoms with Gasteiger partial charge in [0, 0.05) is 16.6 Å². The molecule has 0 saturated heterocycles. The van der Waals surface area contributed by atoms with Crippen LogP contribution in [0.3, 0.4) is 0 Å². The molecule has 0 aliphatic carbocycles. The highest BCUT2D eigenvalue weighted by molar-refractivity contribution is 7.17. The lowest BCUT2D eigenvalue weighted by molar-refractivity contribution is 0.340. The van der Waals surface area contributed by atoms with Crippen LogP contribution in [0, 0.1) is 13.8 Å². The Labute approximate surface area is 162 Å². The van der Waals surface area contributed by atoms with Crippen molar-refractivity contribution in [2.24, 2.45) is 0 Å². The Morgan fingerprint density at radius 2 is 1.85 bits per heavy atom. The van der Waals surface area contributed by atoms with Crippen molar-refractivity contribution in [1.29, 1.82) is 0 Å². The number of nitrogens with zero attached hydrogens (tertiary/aromatic N) is 2. The van der Waals surface area contributed by atoms with Crippen LogP contribution in [0.15, 0.2) is 54.2 Å². The summed E-state index contributed by atoms with van der Waals surface area (Å²) in [6, 6.07) is 14.6. The summed E-state index contributed by atoms with van der Waals surface area (Å²) < 4.78 is 5.56. The van der Waals surface area contributed by atoms with Crippen LogP contribution >= 0.6 is 11.3 Å². The Kier molecular flexibility index (Phi) is 4.77. The monoisotopic (exact) mass is 375 g/mol. The molecule has 2 aromatic heterocycles. The number of ether oxygens (including phenoxy) is 1. The van der Waals surface area contributed by atoms with E-state index in [-0.39, 0.29) is 0 Å². The van der Waals surface area contributed by atoms with E-state index in [0.29, 0.717) is 6.61 Å². The number of fused-ring (bicyclic) bond motifs is 1. The van der Waals surface area contributed by atoms with E-state index in [2.05, 4.69) is 64.8 Å². The number of anilines is 2.